The van der Waals surface area contributed by atoms with E-state index in [2.05, 4.69) is 17.2 Å². The maximum absolute atomic E-state index is 12.2. The summed E-state index contributed by atoms with van der Waals surface area (Å²) in [6, 6.07) is 4.79. The number of hydrogen-bond donors (Lipinski definition) is 2. The molecule has 20 heavy (non-hydrogen) atoms. The lowest BCUT2D eigenvalue weighted by Crippen LogP contribution is -2.49. The zero-order chi connectivity index (χ0) is 14.7. The maximum atomic E-state index is 12.2. The van der Waals surface area contributed by atoms with Crippen molar-refractivity contribution in [3.05, 3.63) is 41.6 Å². The van der Waals surface area contributed by atoms with Crippen molar-refractivity contribution in [2.24, 2.45) is 0 Å². The number of allylic oxidation sites excluding steroid dienone is 1. The first-order chi connectivity index (χ1) is 9.51. The molecule has 1 fully saturated rings. The van der Waals surface area contributed by atoms with Crippen LogP contribution in [0.15, 0.2) is 30.5 Å². The van der Waals surface area contributed by atoms with Crippen LogP contribution < -0.4 is 15.4 Å². The topological polar surface area (TPSA) is 67.4 Å². The highest BCUT2D eigenvalue weighted by Gasteiger charge is 2.26. The summed E-state index contributed by atoms with van der Waals surface area (Å²) in [6.07, 6.45) is 1.23. The molecule has 0 aliphatic carbocycles. The first-order valence-corrected chi connectivity index (χ1v) is 6.45. The lowest BCUT2D eigenvalue weighted by molar-refractivity contribution is -0.123. The third-order valence-electron chi connectivity index (χ3n) is 3.26. The fourth-order valence-corrected chi connectivity index (χ4v) is 2.13. The van der Waals surface area contributed by atoms with Crippen molar-refractivity contribution >= 4 is 11.8 Å². The number of piperidine rings is 1. The van der Waals surface area contributed by atoms with E-state index in [0.29, 0.717) is 29.9 Å². The first kappa shape index (κ1) is 14.1. The van der Waals surface area contributed by atoms with Gasteiger partial charge in [-0.3, -0.25) is 9.59 Å². The van der Waals surface area contributed by atoms with Gasteiger partial charge in [-0.1, -0.05) is 12.6 Å². The number of methoxy groups -OCH3 is 1. The Hall–Kier alpha value is -2.30. The van der Waals surface area contributed by atoms with Crippen LogP contribution in [-0.2, 0) is 4.79 Å². The highest BCUT2D eigenvalue weighted by atomic mass is 16.5. The van der Waals surface area contributed by atoms with Crippen molar-refractivity contribution in [2.75, 3.05) is 7.11 Å². The number of ether oxygens (including phenoxy) is 1. The standard InChI is InChI=1S/C15H18N2O3/c1-9-4-6-11(13(8-9)20-3)14(18)17-12-7-5-10(2)16-15(12)19/h4,6,8,12H,2,5,7H2,1,3H3,(H,16,19)(H,17,18). The number of amides is 2. The van der Waals surface area contributed by atoms with E-state index in [1.54, 1.807) is 12.1 Å². The Morgan fingerprint density at radius 2 is 2.25 bits per heavy atom. The summed E-state index contributed by atoms with van der Waals surface area (Å²) >= 11 is 0. The second-order valence-corrected chi connectivity index (χ2v) is 4.86. The van der Waals surface area contributed by atoms with Crippen LogP contribution in [0.4, 0.5) is 0 Å². The summed E-state index contributed by atoms with van der Waals surface area (Å²) in [5.74, 6) is -0.0293. The molecular formula is C15H18N2O3. The van der Waals surface area contributed by atoms with Crippen LogP contribution in [0.2, 0.25) is 0 Å². The average molecular weight is 274 g/mol. The number of aryl methyl sites for hydroxylation is 1. The Morgan fingerprint density at radius 3 is 2.90 bits per heavy atom. The fraction of sp³-hybridized carbons (Fsp3) is 0.333. The second kappa shape index (κ2) is 5.77. The molecule has 2 rings (SSSR count). The van der Waals surface area contributed by atoms with Crippen LogP contribution in [0.5, 0.6) is 5.75 Å². The second-order valence-electron chi connectivity index (χ2n) is 4.86. The van der Waals surface area contributed by atoms with E-state index in [0.717, 1.165) is 5.56 Å². The van der Waals surface area contributed by atoms with E-state index in [1.807, 2.05) is 13.0 Å². The first-order valence-electron chi connectivity index (χ1n) is 6.45. The van der Waals surface area contributed by atoms with Gasteiger partial charge < -0.3 is 15.4 Å². The van der Waals surface area contributed by atoms with Crippen molar-refractivity contribution in [3.8, 4) is 5.75 Å². The van der Waals surface area contributed by atoms with Gasteiger partial charge in [0.2, 0.25) is 5.91 Å². The quantitative estimate of drug-likeness (QED) is 0.878. The molecule has 1 aliphatic heterocycles. The molecule has 1 aliphatic rings. The van der Waals surface area contributed by atoms with Gasteiger partial charge in [-0.15, -0.1) is 0 Å². The van der Waals surface area contributed by atoms with E-state index in [9.17, 15) is 9.59 Å². The van der Waals surface area contributed by atoms with Crippen molar-refractivity contribution in [1.29, 1.82) is 0 Å². The molecule has 106 valence electrons. The molecule has 0 bridgehead atoms. The smallest absolute Gasteiger partial charge is 0.255 e. The summed E-state index contributed by atoms with van der Waals surface area (Å²) < 4.78 is 5.20. The molecule has 1 aromatic carbocycles. The molecule has 1 unspecified atom stereocenters. The zero-order valence-corrected chi connectivity index (χ0v) is 11.7. The highest BCUT2D eigenvalue weighted by Crippen LogP contribution is 2.20. The predicted octanol–water partition coefficient (Wildman–Crippen LogP) is 1.53. The van der Waals surface area contributed by atoms with Gasteiger partial charge in [0, 0.05) is 5.70 Å². The highest BCUT2D eigenvalue weighted by molar-refractivity contribution is 6.00. The summed E-state index contributed by atoms with van der Waals surface area (Å²) in [7, 11) is 1.52. The Bertz CT molecular complexity index is 566. The van der Waals surface area contributed by atoms with Gasteiger partial charge in [-0.2, -0.15) is 0 Å². The monoisotopic (exact) mass is 274 g/mol. The summed E-state index contributed by atoms with van der Waals surface area (Å²) in [5.41, 5.74) is 2.12. The minimum absolute atomic E-state index is 0.222. The van der Waals surface area contributed by atoms with Crippen LogP contribution in [0.1, 0.15) is 28.8 Å². The van der Waals surface area contributed by atoms with Gasteiger partial charge in [0.1, 0.15) is 11.8 Å². The maximum Gasteiger partial charge on any atom is 0.255 e. The molecule has 0 aromatic heterocycles. The Kier molecular flexibility index (Phi) is 4.08. The van der Waals surface area contributed by atoms with Crippen molar-refractivity contribution in [1.82, 2.24) is 10.6 Å². The summed E-state index contributed by atoms with van der Waals surface area (Å²) in [5, 5.41) is 5.37. The third kappa shape index (κ3) is 2.99. The van der Waals surface area contributed by atoms with Crippen LogP contribution >= 0.6 is 0 Å². The molecule has 1 heterocycles. The molecule has 5 heteroatoms. The van der Waals surface area contributed by atoms with Gasteiger partial charge in [0.15, 0.2) is 0 Å². The summed E-state index contributed by atoms with van der Waals surface area (Å²) in [4.78, 5) is 24.0. The largest absolute Gasteiger partial charge is 0.496 e. The van der Waals surface area contributed by atoms with E-state index in [1.165, 1.54) is 7.11 Å². The van der Waals surface area contributed by atoms with E-state index in [4.69, 9.17) is 4.74 Å². The van der Waals surface area contributed by atoms with Gasteiger partial charge in [-0.25, -0.2) is 0 Å². The Labute approximate surface area is 118 Å². The number of carbonyl (C=O) groups is 2. The van der Waals surface area contributed by atoms with Crippen LogP contribution in [0.3, 0.4) is 0 Å². The Morgan fingerprint density at radius 1 is 1.50 bits per heavy atom. The number of nitrogens with one attached hydrogen (secondary N) is 2. The minimum Gasteiger partial charge on any atom is -0.496 e. The van der Waals surface area contributed by atoms with E-state index >= 15 is 0 Å². The average Bonchev–Trinajstić information content (AvgIpc) is 2.41. The van der Waals surface area contributed by atoms with Gasteiger partial charge in [0.05, 0.1) is 12.7 Å². The van der Waals surface area contributed by atoms with Gasteiger partial charge in [-0.05, 0) is 37.5 Å². The Balaban J connectivity index is 2.12. The molecule has 0 spiro atoms. The molecular weight excluding hydrogens is 256 g/mol. The molecule has 1 aromatic rings. The lowest BCUT2D eigenvalue weighted by Gasteiger charge is -2.24. The fourth-order valence-electron chi connectivity index (χ4n) is 2.13. The normalized spacial score (nSPS) is 18.4. The van der Waals surface area contributed by atoms with Gasteiger partial charge in [0.25, 0.3) is 5.91 Å². The molecule has 5 nitrogen and oxygen atoms in total. The SMILES string of the molecule is C=C1CCC(NC(=O)c2ccc(C)cc2OC)C(=O)N1. The molecule has 2 amide bonds. The number of hydrogen-bond acceptors (Lipinski definition) is 3. The van der Waals surface area contributed by atoms with Crippen molar-refractivity contribution < 1.29 is 14.3 Å². The third-order valence-corrected chi connectivity index (χ3v) is 3.26. The van der Waals surface area contributed by atoms with Crippen molar-refractivity contribution in [2.45, 2.75) is 25.8 Å². The van der Waals surface area contributed by atoms with E-state index in [-0.39, 0.29) is 11.8 Å². The minimum atomic E-state index is -0.529. The van der Waals surface area contributed by atoms with Crippen LogP contribution in [-0.4, -0.2) is 25.0 Å². The summed E-state index contributed by atoms with van der Waals surface area (Å²) in [6.45, 7) is 5.63. The number of benzene rings is 1. The van der Waals surface area contributed by atoms with Crippen LogP contribution in [0.25, 0.3) is 0 Å². The molecule has 1 atom stereocenters. The van der Waals surface area contributed by atoms with E-state index < -0.39 is 6.04 Å². The van der Waals surface area contributed by atoms with Gasteiger partial charge >= 0.3 is 0 Å². The lowest BCUT2D eigenvalue weighted by atomic mass is 10.0. The molecule has 2 N–H and O–H groups in total. The number of carbonyl (C=O) groups excluding carboxylic acids is 2. The molecule has 0 radical (unpaired) electrons. The zero-order valence-electron chi connectivity index (χ0n) is 11.7. The molecule has 0 saturated carbocycles. The predicted molar refractivity (Wildman–Crippen MR) is 75.5 cm³/mol. The van der Waals surface area contributed by atoms with Crippen LogP contribution in [0, 0.1) is 6.92 Å². The molecule has 1 saturated heterocycles. The number of rotatable bonds is 3. The van der Waals surface area contributed by atoms with Crippen molar-refractivity contribution in [3.63, 3.8) is 0 Å².